The van der Waals surface area contributed by atoms with Crippen LogP contribution in [0.1, 0.15) is 114 Å². The van der Waals surface area contributed by atoms with Crippen LogP contribution < -0.4 is 0 Å². The van der Waals surface area contributed by atoms with Gasteiger partial charge in [0.05, 0.1) is 79.4 Å². The first-order valence-electron chi connectivity index (χ1n) is 24.8. The number of carbonyl (C=O) groups is 1. The van der Waals surface area contributed by atoms with Crippen molar-refractivity contribution < 1.29 is 86.4 Å². The summed E-state index contributed by atoms with van der Waals surface area (Å²) in [5.41, 5.74) is -2.14. The molecule has 1 spiro atoms. The highest BCUT2D eigenvalue weighted by molar-refractivity contribution is 5.73. The van der Waals surface area contributed by atoms with Crippen LogP contribution in [0.2, 0.25) is 0 Å². The summed E-state index contributed by atoms with van der Waals surface area (Å²) in [6, 6.07) is 0. The Hall–Kier alpha value is -1.17. The van der Waals surface area contributed by atoms with E-state index in [9.17, 15) is 20.1 Å². The Morgan fingerprint density at radius 3 is 1.93 bits per heavy atom. The molecule has 25 atom stereocenters. The van der Waals surface area contributed by atoms with Crippen molar-refractivity contribution in [2.24, 2.45) is 29.6 Å². The number of methoxy groups -OCH3 is 6. The molecule has 0 radical (unpaired) electrons. The highest BCUT2D eigenvalue weighted by Crippen LogP contribution is 2.57. The van der Waals surface area contributed by atoms with E-state index in [1.807, 2.05) is 20.8 Å². The fourth-order valence-electron chi connectivity index (χ4n) is 13.5. The lowest BCUT2D eigenvalue weighted by Crippen LogP contribution is -2.72. The summed E-state index contributed by atoms with van der Waals surface area (Å²) in [4.78, 5) is 12.1. The summed E-state index contributed by atoms with van der Waals surface area (Å²) in [5.74, 6) is -7.90. The molecule has 0 amide bonds. The van der Waals surface area contributed by atoms with Crippen molar-refractivity contribution in [3.8, 4) is 0 Å². The third kappa shape index (κ3) is 9.20. The zero-order valence-corrected chi connectivity index (χ0v) is 42.7. The van der Waals surface area contributed by atoms with Gasteiger partial charge in [-0.3, -0.25) is 0 Å². The molecule has 0 aromatic heterocycles. The Kier molecular flexibility index (Phi) is 16.3. The van der Waals surface area contributed by atoms with Gasteiger partial charge in [-0.15, -0.1) is 0 Å². The number of hydrogen-bond donors (Lipinski definition) is 3. The first-order valence-corrected chi connectivity index (χ1v) is 24.8. The topological polar surface area (TPSA) is 207 Å². The lowest BCUT2D eigenvalue weighted by Gasteiger charge is -2.56. The van der Waals surface area contributed by atoms with Gasteiger partial charge in [0.25, 0.3) is 0 Å². The monoisotopic (exact) mass is 961 g/mol. The average molecular weight is 961 g/mol. The van der Waals surface area contributed by atoms with Crippen molar-refractivity contribution in [1.82, 2.24) is 0 Å². The number of carboxylic acid groups (broad SMARTS) is 1. The number of aliphatic hydroxyl groups excluding tert-OH is 1. The van der Waals surface area contributed by atoms with Crippen LogP contribution in [0.15, 0.2) is 0 Å². The number of ether oxygens (including phenoxy) is 14. The molecule has 7 saturated heterocycles. The average Bonchev–Trinajstić information content (AvgIpc) is 4.05. The molecular weight excluding hydrogens is 877 g/mol. The zero-order valence-electron chi connectivity index (χ0n) is 42.7. The van der Waals surface area contributed by atoms with Gasteiger partial charge in [0.15, 0.2) is 17.9 Å². The second-order valence-corrected chi connectivity index (χ2v) is 21.4. The maximum atomic E-state index is 12.1. The Bertz CT molecular complexity index is 1680. The second kappa shape index (κ2) is 20.4. The van der Waals surface area contributed by atoms with E-state index in [0.717, 1.165) is 32.1 Å². The number of rotatable bonds is 15. The van der Waals surface area contributed by atoms with Crippen molar-refractivity contribution in [3.63, 3.8) is 0 Å². The zero-order chi connectivity index (χ0) is 49.2. The van der Waals surface area contributed by atoms with E-state index in [4.69, 9.17) is 66.3 Å². The number of aliphatic carboxylic acids is 1. The Balaban J connectivity index is 1.06. The summed E-state index contributed by atoms with van der Waals surface area (Å²) in [6.45, 7) is 17.8. The smallest absolute Gasteiger partial charge is 0.338 e. The van der Waals surface area contributed by atoms with Gasteiger partial charge in [-0.25, -0.2) is 4.79 Å². The fraction of sp³-hybridized carbons (Fsp3) is 0.980. The maximum Gasteiger partial charge on any atom is 0.338 e. The van der Waals surface area contributed by atoms with Gasteiger partial charge < -0.3 is 81.6 Å². The maximum absolute atomic E-state index is 12.1. The van der Waals surface area contributed by atoms with Crippen LogP contribution in [0.3, 0.4) is 0 Å². The normalized spacial score (nSPS) is 53.3. The predicted octanol–water partition coefficient (Wildman–Crippen LogP) is 4.60. The van der Waals surface area contributed by atoms with Crippen LogP contribution in [0.4, 0.5) is 0 Å². The van der Waals surface area contributed by atoms with Gasteiger partial charge in [0.2, 0.25) is 11.9 Å². The van der Waals surface area contributed by atoms with E-state index in [0.29, 0.717) is 12.8 Å². The molecule has 7 aliphatic rings. The minimum Gasteiger partial charge on any atom is -0.479 e. The van der Waals surface area contributed by atoms with Gasteiger partial charge in [0.1, 0.15) is 11.2 Å². The largest absolute Gasteiger partial charge is 0.479 e. The Morgan fingerprint density at radius 1 is 0.687 bits per heavy atom. The van der Waals surface area contributed by atoms with Crippen molar-refractivity contribution in [1.29, 1.82) is 0 Å². The molecule has 7 aliphatic heterocycles. The summed E-state index contributed by atoms with van der Waals surface area (Å²) in [6.07, 6.45) is -2.09. The van der Waals surface area contributed by atoms with Crippen LogP contribution in [0.25, 0.3) is 0 Å². The fourth-order valence-corrected chi connectivity index (χ4v) is 13.5. The molecule has 0 aliphatic carbocycles. The highest BCUT2D eigenvalue weighted by Gasteiger charge is 2.70. The van der Waals surface area contributed by atoms with E-state index >= 15 is 0 Å². The summed E-state index contributed by atoms with van der Waals surface area (Å²) in [7, 11) is 9.72. The molecule has 7 heterocycles. The molecule has 7 rings (SSSR count). The molecule has 25 unspecified atom stereocenters. The first-order chi connectivity index (χ1) is 31.6. The van der Waals surface area contributed by atoms with Gasteiger partial charge in [-0.1, -0.05) is 34.6 Å². The molecule has 3 N–H and O–H groups in total. The minimum atomic E-state index is -2.49. The standard InChI is InChI=1S/C49H84O18/c1-24-39(63-38-21-19-31(54-10)29(6)60-38)26(3)47(9,59-15)66-40(24)34-17-16-32(61-34)33-18-20-36(62-33)46(8)43(57-13)28(5)49(67-46)25(2)35(55-11)22-30(64-49)23-37-45(7,58-14)42(56-12)27(4)48(53,65-37)41(50)44(51)52/h24-43,50,53H,16-23H2,1-15H3,(H,51,52). The van der Waals surface area contributed by atoms with E-state index in [2.05, 4.69) is 27.7 Å². The van der Waals surface area contributed by atoms with Gasteiger partial charge in [-0.05, 0) is 59.8 Å². The molecule has 67 heavy (non-hydrogen) atoms. The SMILES string of the molecule is COC1CCC(OC2C(C)C(C3CCC(C4CCC(C5(C)OC6(OC(CC7OC(O)(C(O)C(=O)O)C(C)C(OC)C7(C)OC)CC(OC)C6C)C(C)C5OC)O4)O3)OC(C)(OC)C2C)OC1C. The van der Waals surface area contributed by atoms with Crippen molar-refractivity contribution >= 4 is 5.97 Å². The van der Waals surface area contributed by atoms with Gasteiger partial charge in [0, 0.05) is 91.5 Å². The Labute approximate surface area is 397 Å². The number of aliphatic hydroxyl groups is 2. The van der Waals surface area contributed by atoms with Crippen LogP contribution in [-0.4, -0.2) is 184 Å². The van der Waals surface area contributed by atoms with Crippen LogP contribution in [0, 0.1) is 29.6 Å². The number of carboxylic acids is 1. The van der Waals surface area contributed by atoms with Crippen molar-refractivity contribution in [3.05, 3.63) is 0 Å². The molecule has 388 valence electrons. The molecule has 18 heteroatoms. The molecule has 0 saturated carbocycles. The predicted molar refractivity (Wildman–Crippen MR) is 239 cm³/mol. The molecule has 0 aromatic rings. The quantitative estimate of drug-likeness (QED) is 0.205. The second-order valence-electron chi connectivity index (χ2n) is 21.4. The van der Waals surface area contributed by atoms with E-state index in [-0.39, 0.29) is 91.3 Å². The minimum absolute atomic E-state index is 0.0122. The lowest BCUT2D eigenvalue weighted by molar-refractivity contribution is -0.389. The summed E-state index contributed by atoms with van der Waals surface area (Å²) >= 11 is 0. The van der Waals surface area contributed by atoms with Crippen molar-refractivity contribution in [2.45, 2.75) is 234 Å². The summed E-state index contributed by atoms with van der Waals surface area (Å²) < 4.78 is 90.8. The van der Waals surface area contributed by atoms with Crippen LogP contribution >= 0.6 is 0 Å². The molecule has 0 aromatic carbocycles. The molecule has 7 fully saturated rings. The number of hydrogen-bond acceptors (Lipinski definition) is 17. The van der Waals surface area contributed by atoms with E-state index in [1.54, 1.807) is 42.3 Å². The third-order valence-corrected chi connectivity index (χ3v) is 17.9. The first kappa shape index (κ1) is 53.6. The lowest BCUT2D eigenvalue weighted by atomic mass is 9.73. The highest BCUT2D eigenvalue weighted by atomic mass is 16.8. The van der Waals surface area contributed by atoms with Crippen molar-refractivity contribution in [2.75, 3.05) is 42.7 Å². The molecular formula is C49H84O18. The molecule has 0 bridgehead atoms. The van der Waals surface area contributed by atoms with Gasteiger partial charge >= 0.3 is 5.97 Å². The van der Waals surface area contributed by atoms with E-state index in [1.165, 1.54) is 14.2 Å². The van der Waals surface area contributed by atoms with Gasteiger partial charge in [-0.2, -0.15) is 0 Å². The van der Waals surface area contributed by atoms with E-state index < -0.39 is 71.0 Å². The van der Waals surface area contributed by atoms with Crippen LogP contribution in [0.5, 0.6) is 0 Å². The van der Waals surface area contributed by atoms with Crippen LogP contribution in [-0.2, 0) is 71.1 Å². The third-order valence-electron chi connectivity index (χ3n) is 17.9. The summed E-state index contributed by atoms with van der Waals surface area (Å²) in [5, 5.41) is 32.3. The Morgan fingerprint density at radius 2 is 1.33 bits per heavy atom. The molecule has 18 nitrogen and oxygen atoms in total.